The van der Waals surface area contributed by atoms with Gasteiger partial charge in [-0.3, -0.25) is 0 Å². The number of alkyl halides is 13. The zero-order valence-electron chi connectivity index (χ0n) is 10.4. The lowest BCUT2D eigenvalue weighted by atomic mass is 9.92. The van der Waals surface area contributed by atoms with Crippen molar-refractivity contribution in [3.63, 3.8) is 0 Å². The molecule has 23 heavy (non-hydrogen) atoms. The van der Waals surface area contributed by atoms with E-state index in [9.17, 15) is 57.1 Å². The average Bonchev–Trinajstić information content (AvgIpc) is 2.17. The third-order valence-electron chi connectivity index (χ3n) is 2.21. The fraction of sp³-hybridized carbons (Fsp3) is 1.00. The highest BCUT2D eigenvalue weighted by Crippen LogP contribution is 2.59. The normalized spacial score (nSPS) is 15.9. The third kappa shape index (κ3) is 3.75. The van der Waals surface area contributed by atoms with Gasteiger partial charge < -0.3 is 4.74 Å². The van der Waals surface area contributed by atoms with Gasteiger partial charge in [0.15, 0.2) is 0 Å². The van der Waals surface area contributed by atoms with Crippen LogP contribution in [-0.2, 0) is 9.47 Å². The Morgan fingerprint density at radius 3 is 1.22 bits per heavy atom. The summed E-state index contributed by atoms with van der Waals surface area (Å²) < 4.78 is 166. The molecule has 0 aromatic heterocycles. The van der Waals surface area contributed by atoms with Gasteiger partial charge in [0.25, 0.3) is 0 Å². The summed E-state index contributed by atoms with van der Waals surface area (Å²) in [4.78, 5) is 0. The predicted octanol–water partition coefficient (Wildman–Crippen LogP) is 4.65. The molecule has 0 N–H and O–H groups in total. The number of halogens is 13. The molecular weight excluding hydrogens is 375 g/mol. The van der Waals surface area contributed by atoms with Crippen molar-refractivity contribution in [2.45, 2.75) is 43.3 Å². The van der Waals surface area contributed by atoms with Crippen molar-refractivity contribution >= 4 is 0 Å². The first-order valence-corrected chi connectivity index (χ1v) is 5.06. The second-order valence-electron chi connectivity index (χ2n) is 3.75. The molecule has 0 atom stereocenters. The van der Waals surface area contributed by atoms with E-state index in [1.165, 1.54) is 4.74 Å². The lowest BCUT2D eigenvalue weighted by Crippen LogP contribution is -2.74. The quantitative estimate of drug-likeness (QED) is 0.647. The van der Waals surface area contributed by atoms with Crippen LogP contribution in [0.4, 0.5) is 57.1 Å². The summed E-state index contributed by atoms with van der Waals surface area (Å²) in [5.74, 6) is -7.51. The van der Waals surface area contributed by atoms with Crippen LogP contribution in [0.2, 0.25) is 0 Å². The lowest BCUT2D eigenvalue weighted by molar-refractivity contribution is -0.523. The zero-order chi connectivity index (χ0) is 19.1. The minimum Gasteiger partial charge on any atom is -0.353 e. The van der Waals surface area contributed by atoms with E-state index in [-0.39, 0.29) is 0 Å². The molecule has 0 unspecified atom stereocenters. The highest BCUT2D eigenvalue weighted by Gasteiger charge is 2.91. The first kappa shape index (κ1) is 22.0. The van der Waals surface area contributed by atoms with Gasteiger partial charge in [-0.1, -0.05) is 0 Å². The van der Waals surface area contributed by atoms with Gasteiger partial charge in [-0.05, 0) is 6.92 Å². The van der Waals surface area contributed by atoms with E-state index in [0.29, 0.717) is 6.92 Å². The molecule has 0 rings (SSSR count). The predicted molar refractivity (Wildman–Crippen MR) is 43.5 cm³/mol. The van der Waals surface area contributed by atoms with Gasteiger partial charge in [-0.15, -0.1) is 13.2 Å². The number of hydrogen-bond acceptors (Lipinski definition) is 2. The Hall–Kier alpha value is -0.990. The molecule has 0 aliphatic heterocycles. The largest absolute Gasteiger partial charge is 0.527 e. The van der Waals surface area contributed by atoms with Crippen molar-refractivity contribution < 1.29 is 66.5 Å². The third-order valence-corrected chi connectivity index (χ3v) is 2.21. The molecule has 0 aromatic carbocycles. The van der Waals surface area contributed by atoms with Gasteiger partial charge in [-0.2, -0.15) is 43.9 Å². The lowest BCUT2D eigenvalue weighted by Gasteiger charge is -2.43. The van der Waals surface area contributed by atoms with Crippen LogP contribution in [0.1, 0.15) is 6.92 Å². The molecular formula is C8H5F13O2. The maximum absolute atomic E-state index is 13.3. The van der Waals surface area contributed by atoms with Crippen LogP contribution >= 0.6 is 0 Å². The minimum atomic E-state index is -7.51. The van der Waals surface area contributed by atoms with Crippen molar-refractivity contribution in [3.05, 3.63) is 0 Å². The van der Waals surface area contributed by atoms with E-state index < -0.39 is 43.0 Å². The SMILES string of the molecule is CCOC(C(F)(F)F)(C(F)(F)F)C(F)(F)C(F)(F)OC(F)(F)F. The monoisotopic (exact) mass is 380 g/mol. The van der Waals surface area contributed by atoms with E-state index in [1.54, 1.807) is 0 Å². The van der Waals surface area contributed by atoms with Crippen molar-refractivity contribution in [1.82, 2.24) is 0 Å². The number of ether oxygens (including phenoxy) is 2. The second-order valence-corrected chi connectivity index (χ2v) is 3.75. The maximum Gasteiger partial charge on any atom is 0.527 e. The van der Waals surface area contributed by atoms with Crippen LogP contribution in [0.25, 0.3) is 0 Å². The van der Waals surface area contributed by atoms with Gasteiger partial charge in [0.1, 0.15) is 0 Å². The standard InChI is InChI=1S/C8H5F13O2/c1-2-22-3(5(11,12)13,6(14,15)16)4(9,10)7(17,18)23-8(19,20)21/h2H2,1H3. The number of hydrogen-bond donors (Lipinski definition) is 0. The summed E-state index contributed by atoms with van der Waals surface area (Å²) >= 11 is 0. The summed E-state index contributed by atoms with van der Waals surface area (Å²) in [6, 6.07) is 0. The van der Waals surface area contributed by atoms with Crippen molar-refractivity contribution in [2.24, 2.45) is 0 Å². The Labute approximate surface area is 118 Å². The molecule has 140 valence electrons. The zero-order valence-corrected chi connectivity index (χ0v) is 10.4. The Morgan fingerprint density at radius 2 is 1.00 bits per heavy atom. The second kappa shape index (κ2) is 5.82. The van der Waals surface area contributed by atoms with Gasteiger partial charge in [0.05, 0.1) is 0 Å². The van der Waals surface area contributed by atoms with Crippen LogP contribution in [0.5, 0.6) is 0 Å². The highest BCUT2D eigenvalue weighted by molar-refractivity contribution is 5.10. The molecule has 0 heterocycles. The van der Waals surface area contributed by atoms with E-state index in [1.807, 2.05) is 0 Å². The Bertz CT molecular complexity index is 390. The molecule has 0 aromatic rings. The first-order valence-electron chi connectivity index (χ1n) is 5.06. The van der Waals surface area contributed by atoms with Crippen LogP contribution in [0, 0.1) is 0 Å². The molecule has 0 aliphatic carbocycles. The van der Waals surface area contributed by atoms with Crippen LogP contribution in [-0.4, -0.2) is 43.0 Å². The molecule has 0 fully saturated rings. The molecule has 0 spiro atoms. The van der Waals surface area contributed by atoms with Crippen LogP contribution in [0.15, 0.2) is 0 Å². The summed E-state index contributed by atoms with van der Waals surface area (Å²) in [6.45, 7) is -1.54. The Morgan fingerprint density at radius 1 is 0.652 bits per heavy atom. The molecule has 0 aliphatic rings. The van der Waals surface area contributed by atoms with Crippen LogP contribution in [0.3, 0.4) is 0 Å². The molecule has 2 nitrogen and oxygen atoms in total. The minimum absolute atomic E-state index is 0.297. The Kier molecular flexibility index (Phi) is 5.57. The Balaban J connectivity index is 6.48. The van der Waals surface area contributed by atoms with Gasteiger partial charge in [0, 0.05) is 6.61 Å². The first-order chi connectivity index (χ1) is 9.77. The summed E-state index contributed by atoms with van der Waals surface area (Å²) in [5, 5.41) is 0. The summed E-state index contributed by atoms with van der Waals surface area (Å²) in [5.41, 5.74) is -6.93. The number of rotatable bonds is 5. The van der Waals surface area contributed by atoms with E-state index in [4.69, 9.17) is 0 Å². The topological polar surface area (TPSA) is 18.5 Å². The average molecular weight is 380 g/mol. The van der Waals surface area contributed by atoms with Gasteiger partial charge in [-0.25, -0.2) is 4.74 Å². The van der Waals surface area contributed by atoms with E-state index >= 15 is 0 Å². The van der Waals surface area contributed by atoms with Crippen molar-refractivity contribution in [1.29, 1.82) is 0 Å². The molecule has 15 heteroatoms. The van der Waals surface area contributed by atoms with Gasteiger partial charge in [0.2, 0.25) is 0 Å². The fourth-order valence-corrected chi connectivity index (χ4v) is 1.40. The smallest absolute Gasteiger partial charge is 0.353 e. The molecule has 0 radical (unpaired) electrons. The molecule has 0 bridgehead atoms. The van der Waals surface area contributed by atoms with Crippen molar-refractivity contribution in [3.8, 4) is 0 Å². The highest BCUT2D eigenvalue weighted by atomic mass is 19.4. The maximum atomic E-state index is 13.3. The molecule has 0 amide bonds. The van der Waals surface area contributed by atoms with E-state index in [0.717, 1.165) is 0 Å². The summed E-state index contributed by atoms with van der Waals surface area (Å²) in [7, 11) is 0. The molecule has 0 saturated carbocycles. The van der Waals surface area contributed by atoms with Crippen molar-refractivity contribution in [2.75, 3.05) is 6.61 Å². The molecule has 0 saturated heterocycles. The van der Waals surface area contributed by atoms with Crippen LogP contribution < -0.4 is 0 Å². The summed E-state index contributed by atoms with van der Waals surface area (Å²) in [6.07, 6.45) is -28.4. The van der Waals surface area contributed by atoms with E-state index in [2.05, 4.69) is 4.74 Å². The fourth-order valence-electron chi connectivity index (χ4n) is 1.40. The van der Waals surface area contributed by atoms with Gasteiger partial charge >= 0.3 is 36.3 Å².